The normalized spacial score (nSPS) is 11.3. The fraction of sp³-hybridized carbons (Fsp3) is 0.304. The molecule has 0 saturated heterocycles. The van der Waals surface area contributed by atoms with Gasteiger partial charge < -0.3 is 5.32 Å². The molecule has 0 radical (unpaired) electrons. The van der Waals surface area contributed by atoms with Crippen molar-refractivity contribution in [1.82, 2.24) is 24.5 Å². The third kappa shape index (κ3) is 4.08. The van der Waals surface area contributed by atoms with Gasteiger partial charge >= 0.3 is 0 Å². The van der Waals surface area contributed by atoms with Gasteiger partial charge in [0.1, 0.15) is 5.69 Å². The molecule has 1 N–H and O–H groups in total. The van der Waals surface area contributed by atoms with Crippen LogP contribution in [0.15, 0.2) is 34.4 Å². The zero-order chi connectivity index (χ0) is 23.0. The molecule has 166 valence electrons. The molecule has 0 aliphatic rings. The van der Waals surface area contributed by atoms with Crippen LogP contribution in [0.3, 0.4) is 0 Å². The summed E-state index contributed by atoms with van der Waals surface area (Å²) in [6, 6.07) is 7.50. The van der Waals surface area contributed by atoms with Gasteiger partial charge in [0, 0.05) is 28.3 Å². The van der Waals surface area contributed by atoms with Gasteiger partial charge in [-0.15, -0.1) is 11.3 Å². The summed E-state index contributed by atoms with van der Waals surface area (Å²) in [4.78, 5) is 31.0. The Morgan fingerprint density at radius 1 is 1.22 bits per heavy atom. The number of benzene rings is 1. The van der Waals surface area contributed by atoms with Crippen LogP contribution in [0.5, 0.6) is 0 Å². The Morgan fingerprint density at radius 3 is 2.75 bits per heavy atom. The molecule has 7 nitrogen and oxygen atoms in total. The Hall–Kier alpha value is -2.97. The van der Waals surface area contributed by atoms with E-state index in [0.29, 0.717) is 39.2 Å². The van der Waals surface area contributed by atoms with Crippen LogP contribution in [0.2, 0.25) is 5.02 Å². The molecule has 1 aromatic carbocycles. The van der Waals surface area contributed by atoms with Gasteiger partial charge in [0.15, 0.2) is 4.96 Å². The lowest BCUT2D eigenvalue weighted by atomic mass is 10.1. The molecule has 0 fully saturated rings. The van der Waals surface area contributed by atoms with Gasteiger partial charge in [-0.3, -0.25) is 14.0 Å². The Kier molecular flexibility index (Phi) is 6.17. The number of fused-ring (bicyclic) bond motifs is 1. The van der Waals surface area contributed by atoms with E-state index in [4.69, 9.17) is 16.7 Å². The predicted octanol–water partition coefficient (Wildman–Crippen LogP) is 4.26. The Balaban J connectivity index is 1.82. The molecule has 4 aromatic rings. The van der Waals surface area contributed by atoms with Crippen molar-refractivity contribution in [2.24, 2.45) is 0 Å². The highest BCUT2D eigenvalue weighted by molar-refractivity contribution is 7.15. The fourth-order valence-electron chi connectivity index (χ4n) is 3.67. The van der Waals surface area contributed by atoms with Crippen molar-refractivity contribution in [3.05, 3.63) is 67.7 Å². The number of hydrogen-bond donors (Lipinski definition) is 1. The second-order valence-electron chi connectivity index (χ2n) is 7.76. The van der Waals surface area contributed by atoms with Crippen molar-refractivity contribution in [2.75, 3.05) is 6.54 Å². The first-order valence-electron chi connectivity index (χ1n) is 10.4. The second kappa shape index (κ2) is 8.88. The molecule has 0 unspecified atom stereocenters. The molecule has 3 aromatic heterocycles. The van der Waals surface area contributed by atoms with Crippen molar-refractivity contribution in [3.63, 3.8) is 0 Å². The van der Waals surface area contributed by atoms with E-state index in [1.807, 2.05) is 57.3 Å². The van der Waals surface area contributed by atoms with Crippen LogP contribution in [0.1, 0.15) is 36.0 Å². The van der Waals surface area contributed by atoms with E-state index in [1.54, 1.807) is 4.68 Å². The summed E-state index contributed by atoms with van der Waals surface area (Å²) in [7, 11) is 0. The van der Waals surface area contributed by atoms with E-state index in [1.165, 1.54) is 15.7 Å². The Morgan fingerprint density at radius 2 is 2.00 bits per heavy atom. The van der Waals surface area contributed by atoms with Crippen molar-refractivity contribution in [3.8, 4) is 16.9 Å². The predicted molar refractivity (Wildman–Crippen MR) is 128 cm³/mol. The monoisotopic (exact) mass is 469 g/mol. The molecule has 4 rings (SSSR count). The molecule has 0 aliphatic heterocycles. The number of aryl methyl sites for hydroxylation is 3. The maximum absolute atomic E-state index is 13.5. The van der Waals surface area contributed by atoms with Crippen LogP contribution >= 0.6 is 22.9 Å². The fourth-order valence-corrected chi connectivity index (χ4v) is 4.76. The third-order valence-corrected chi connectivity index (χ3v) is 6.39. The lowest BCUT2D eigenvalue weighted by Crippen LogP contribution is -2.28. The number of nitrogens with one attached hydrogen (secondary N) is 1. The highest BCUT2D eigenvalue weighted by Crippen LogP contribution is 2.26. The van der Waals surface area contributed by atoms with Crippen LogP contribution < -0.4 is 10.9 Å². The van der Waals surface area contributed by atoms with Gasteiger partial charge in [0.25, 0.3) is 5.56 Å². The number of carbonyl (C=O) groups is 1. The maximum Gasteiger partial charge on any atom is 0.268 e. The van der Waals surface area contributed by atoms with Gasteiger partial charge in [-0.05, 0) is 51.0 Å². The lowest BCUT2D eigenvalue weighted by molar-refractivity contribution is -0.120. The Bertz CT molecular complexity index is 1390. The van der Waals surface area contributed by atoms with Gasteiger partial charge in [0.05, 0.1) is 23.4 Å². The molecule has 1 amide bonds. The summed E-state index contributed by atoms with van der Waals surface area (Å²) in [6.07, 6.45) is 0.981. The first kappa shape index (κ1) is 22.2. The molecule has 0 aliphatic carbocycles. The van der Waals surface area contributed by atoms with Crippen molar-refractivity contribution >= 4 is 33.8 Å². The minimum atomic E-state index is -0.223. The van der Waals surface area contributed by atoms with Crippen LogP contribution in [-0.4, -0.2) is 31.6 Å². The highest BCUT2D eigenvalue weighted by Gasteiger charge is 2.20. The van der Waals surface area contributed by atoms with E-state index in [9.17, 15) is 9.59 Å². The average Bonchev–Trinajstić information content (AvgIpc) is 3.31. The van der Waals surface area contributed by atoms with Crippen LogP contribution in [-0.2, 0) is 11.2 Å². The molecule has 0 spiro atoms. The van der Waals surface area contributed by atoms with E-state index in [-0.39, 0.29) is 17.9 Å². The quantitative estimate of drug-likeness (QED) is 0.457. The number of aromatic nitrogens is 4. The zero-order valence-electron chi connectivity index (χ0n) is 18.4. The molecule has 0 atom stereocenters. The molecule has 3 heterocycles. The third-order valence-electron chi connectivity index (χ3n) is 5.28. The summed E-state index contributed by atoms with van der Waals surface area (Å²) >= 11 is 7.55. The number of halogens is 1. The van der Waals surface area contributed by atoms with Crippen LogP contribution in [0.4, 0.5) is 0 Å². The topological polar surface area (TPSA) is 81.3 Å². The van der Waals surface area contributed by atoms with E-state index < -0.39 is 0 Å². The summed E-state index contributed by atoms with van der Waals surface area (Å²) < 4.78 is 3.31. The number of thiazole rings is 1. The maximum atomic E-state index is 13.5. The highest BCUT2D eigenvalue weighted by atomic mass is 35.5. The summed E-state index contributed by atoms with van der Waals surface area (Å²) in [5.41, 5.74) is 4.73. The van der Waals surface area contributed by atoms with E-state index >= 15 is 0 Å². The first-order chi connectivity index (χ1) is 15.3. The average molecular weight is 470 g/mol. The largest absolute Gasteiger partial charge is 0.356 e. The number of amides is 1. The molecule has 0 bridgehead atoms. The molecular formula is C23H24ClN5O2S. The Labute approximate surface area is 194 Å². The molecule has 32 heavy (non-hydrogen) atoms. The number of carbonyl (C=O) groups excluding carboxylic acids is 1. The molecular weight excluding hydrogens is 446 g/mol. The van der Waals surface area contributed by atoms with Crippen molar-refractivity contribution < 1.29 is 4.79 Å². The zero-order valence-corrected chi connectivity index (χ0v) is 20.0. The summed E-state index contributed by atoms with van der Waals surface area (Å²) in [5, 5.41) is 10.0. The number of nitrogens with zero attached hydrogens (tertiary/aromatic N) is 4. The summed E-state index contributed by atoms with van der Waals surface area (Å²) in [5.74, 6) is -0.114. The summed E-state index contributed by atoms with van der Waals surface area (Å²) in [6.45, 7) is 8.34. The standard InChI is InChI=1S/C23H24ClN5O2S/c1-5-8-25-20(30)11-17-12-32-23-26-15(4)21(22(31)28(17)23)18-9-14(3)29(27-18)19-10-16(24)7-6-13(19)2/h6-7,9-10,12H,5,8,11H2,1-4H3,(H,25,30). The SMILES string of the molecule is CCCNC(=O)Cc1csc2nc(C)c(-c3cc(C)n(-c4cc(Cl)ccc4C)n3)c(=O)n12. The van der Waals surface area contributed by atoms with Gasteiger partial charge in [-0.1, -0.05) is 24.6 Å². The molecule has 9 heteroatoms. The first-order valence-corrected chi connectivity index (χ1v) is 11.7. The van der Waals surface area contributed by atoms with Crippen molar-refractivity contribution in [2.45, 2.75) is 40.5 Å². The van der Waals surface area contributed by atoms with Gasteiger partial charge in [-0.25, -0.2) is 9.67 Å². The lowest BCUT2D eigenvalue weighted by Gasteiger charge is -2.09. The van der Waals surface area contributed by atoms with Gasteiger partial charge in [0.2, 0.25) is 5.91 Å². The molecule has 0 saturated carbocycles. The van der Waals surface area contributed by atoms with E-state index in [2.05, 4.69) is 10.3 Å². The minimum absolute atomic E-state index is 0.114. The minimum Gasteiger partial charge on any atom is -0.356 e. The van der Waals surface area contributed by atoms with Crippen LogP contribution in [0, 0.1) is 20.8 Å². The van der Waals surface area contributed by atoms with E-state index in [0.717, 1.165) is 23.4 Å². The number of rotatable bonds is 6. The second-order valence-corrected chi connectivity index (χ2v) is 9.04. The number of hydrogen-bond acceptors (Lipinski definition) is 5. The van der Waals surface area contributed by atoms with Gasteiger partial charge in [-0.2, -0.15) is 5.10 Å². The smallest absolute Gasteiger partial charge is 0.268 e. The van der Waals surface area contributed by atoms with Crippen molar-refractivity contribution in [1.29, 1.82) is 0 Å². The van der Waals surface area contributed by atoms with Crippen LogP contribution in [0.25, 0.3) is 21.9 Å².